The molecule has 11 heteroatoms. The number of benzene rings is 1. The Balaban J connectivity index is 2.20. The highest BCUT2D eigenvalue weighted by atomic mass is 32.2. The number of halogens is 3. The number of nitrogens with zero attached hydrogens (tertiary/aromatic N) is 2. The van der Waals surface area contributed by atoms with Crippen molar-refractivity contribution in [2.45, 2.75) is 56.3 Å². The second kappa shape index (κ2) is 11.6. The monoisotopic (exact) mass is 493 g/mol. The van der Waals surface area contributed by atoms with Crippen LogP contribution in [0.5, 0.6) is 0 Å². The molecular weight excluding hydrogens is 459 g/mol. The highest BCUT2D eigenvalue weighted by molar-refractivity contribution is 7.89. The fraction of sp³-hybridized carbons (Fsp3) is 0.682. The van der Waals surface area contributed by atoms with Crippen LogP contribution in [0.2, 0.25) is 0 Å². The number of rotatable bonds is 10. The number of likely N-dealkylation sites (tertiary alicyclic amines) is 1. The lowest BCUT2D eigenvalue weighted by Crippen LogP contribution is -2.53. The molecule has 1 aliphatic heterocycles. The number of carbonyl (C=O) groups is 1. The van der Waals surface area contributed by atoms with Gasteiger partial charge in [-0.05, 0) is 50.4 Å². The van der Waals surface area contributed by atoms with Gasteiger partial charge in [0.2, 0.25) is 15.9 Å². The number of methoxy groups -OCH3 is 1. The van der Waals surface area contributed by atoms with E-state index in [4.69, 9.17) is 4.74 Å². The van der Waals surface area contributed by atoms with E-state index in [0.717, 1.165) is 12.1 Å². The molecule has 1 aliphatic rings. The van der Waals surface area contributed by atoms with Crippen LogP contribution in [0.4, 0.5) is 13.2 Å². The summed E-state index contributed by atoms with van der Waals surface area (Å²) in [6.45, 7) is 4.95. The molecule has 0 aromatic heterocycles. The molecule has 1 aromatic rings. The Kier molecular flexibility index (Phi) is 9.71. The first-order valence-corrected chi connectivity index (χ1v) is 12.5. The third-order valence-corrected chi connectivity index (χ3v) is 7.77. The predicted molar refractivity (Wildman–Crippen MR) is 119 cm³/mol. The number of piperidine rings is 1. The van der Waals surface area contributed by atoms with Gasteiger partial charge in [-0.25, -0.2) is 8.42 Å². The maximum absolute atomic E-state index is 13.3. The largest absolute Gasteiger partial charge is 0.416 e. The summed E-state index contributed by atoms with van der Waals surface area (Å²) in [5.41, 5.74) is -1.01. The van der Waals surface area contributed by atoms with Gasteiger partial charge in [0.15, 0.2) is 0 Å². The molecule has 7 nitrogen and oxygen atoms in total. The molecule has 1 atom stereocenters. The van der Waals surface area contributed by atoms with Crippen LogP contribution in [0.25, 0.3) is 0 Å². The summed E-state index contributed by atoms with van der Waals surface area (Å²) < 4.78 is 72.3. The van der Waals surface area contributed by atoms with Gasteiger partial charge in [-0.15, -0.1) is 0 Å². The number of sulfonamides is 1. The van der Waals surface area contributed by atoms with Gasteiger partial charge < -0.3 is 15.0 Å². The van der Waals surface area contributed by atoms with Crippen molar-refractivity contribution in [1.82, 2.24) is 14.5 Å². The van der Waals surface area contributed by atoms with Gasteiger partial charge in [-0.1, -0.05) is 19.9 Å². The average Bonchev–Trinajstić information content (AvgIpc) is 2.77. The second-order valence-electron chi connectivity index (χ2n) is 8.66. The molecule has 1 heterocycles. The summed E-state index contributed by atoms with van der Waals surface area (Å²) in [5, 5.41) is 3.05. The SMILES string of the molecule is CN[C@@H](CC(C)C)C(=O)N1CCC(N(CCOC)S(=O)(=O)c2cccc(C(F)(F)F)c2)CC1. The fourth-order valence-electron chi connectivity index (χ4n) is 4.06. The van der Waals surface area contributed by atoms with Crippen molar-refractivity contribution in [3.63, 3.8) is 0 Å². The van der Waals surface area contributed by atoms with E-state index in [1.54, 1.807) is 11.9 Å². The summed E-state index contributed by atoms with van der Waals surface area (Å²) in [5.74, 6) is 0.319. The van der Waals surface area contributed by atoms with E-state index in [9.17, 15) is 26.4 Å². The van der Waals surface area contributed by atoms with Crippen LogP contribution in [0, 0.1) is 5.92 Å². The normalized spacial score (nSPS) is 17.1. The smallest absolute Gasteiger partial charge is 0.383 e. The molecule has 1 amide bonds. The zero-order chi connectivity index (χ0) is 24.8. The standard InChI is InChI=1S/C22H34F3N3O4S/c1-16(2)14-20(26-3)21(29)27-10-8-18(9-11-27)28(12-13-32-4)33(30,31)19-7-5-6-17(15-19)22(23,24)25/h5-7,15-16,18,20,26H,8-14H2,1-4H3/t20-/m0/s1. The lowest BCUT2D eigenvalue weighted by molar-refractivity contribution is -0.137. The number of hydrogen-bond acceptors (Lipinski definition) is 5. The van der Waals surface area contributed by atoms with Crippen LogP contribution in [-0.2, 0) is 25.7 Å². The maximum Gasteiger partial charge on any atom is 0.416 e. The van der Waals surface area contributed by atoms with Crippen molar-refractivity contribution < 1.29 is 31.1 Å². The fourth-order valence-corrected chi connectivity index (χ4v) is 5.77. The van der Waals surface area contributed by atoms with E-state index in [1.807, 2.05) is 13.8 Å². The third-order valence-electron chi connectivity index (χ3n) is 5.82. The van der Waals surface area contributed by atoms with Gasteiger partial charge in [0.1, 0.15) is 0 Å². The van der Waals surface area contributed by atoms with E-state index in [0.29, 0.717) is 44.3 Å². The molecule has 0 unspecified atom stereocenters. The van der Waals surface area contributed by atoms with Crippen LogP contribution in [-0.4, -0.2) is 76.0 Å². The molecule has 188 valence electrons. The average molecular weight is 494 g/mol. The summed E-state index contributed by atoms with van der Waals surface area (Å²) >= 11 is 0. The molecule has 0 bridgehead atoms. The molecule has 1 aromatic carbocycles. The summed E-state index contributed by atoms with van der Waals surface area (Å²) in [6.07, 6.45) is -3.16. The highest BCUT2D eigenvalue weighted by Gasteiger charge is 2.37. The summed E-state index contributed by atoms with van der Waals surface area (Å²) in [4.78, 5) is 14.2. The lowest BCUT2D eigenvalue weighted by Gasteiger charge is -2.39. The molecule has 2 rings (SSSR count). The Bertz CT molecular complexity index is 885. The van der Waals surface area contributed by atoms with Crippen LogP contribution in [0.15, 0.2) is 29.2 Å². The number of ether oxygens (including phenoxy) is 1. The minimum atomic E-state index is -4.64. The topological polar surface area (TPSA) is 79.0 Å². The van der Waals surface area contributed by atoms with Crippen molar-refractivity contribution in [2.24, 2.45) is 5.92 Å². The van der Waals surface area contributed by atoms with Crippen molar-refractivity contribution >= 4 is 15.9 Å². The molecule has 33 heavy (non-hydrogen) atoms. The van der Waals surface area contributed by atoms with Crippen molar-refractivity contribution in [3.05, 3.63) is 29.8 Å². The molecule has 0 spiro atoms. The minimum Gasteiger partial charge on any atom is -0.383 e. The maximum atomic E-state index is 13.3. The van der Waals surface area contributed by atoms with E-state index in [1.165, 1.54) is 17.5 Å². The van der Waals surface area contributed by atoms with Crippen molar-refractivity contribution in [2.75, 3.05) is 40.4 Å². The van der Waals surface area contributed by atoms with Crippen LogP contribution in [0.3, 0.4) is 0 Å². The summed E-state index contributed by atoms with van der Waals surface area (Å²) in [6, 6.07) is 3.03. The Morgan fingerprint density at radius 1 is 1.27 bits per heavy atom. The van der Waals surface area contributed by atoms with E-state index in [2.05, 4.69) is 5.32 Å². The van der Waals surface area contributed by atoms with E-state index >= 15 is 0 Å². The van der Waals surface area contributed by atoms with Crippen LogP contribution < -0.4 is 5.32 Å². The van der Waals surface area contributed by atoms with Gasteiger partial charge in [-0.3, -0.25) is 4.79 Å². The molecular formula is C22H34F3N3O4S. The molecule has 1 N–H and O–H groups in total. The lowest BCUT2D eigenvalue weighted by atomic mass is 10.00. The Morgan fingerprint density at radius 3 is 2.42 bits per heavy atom. The molecule has 1 fully saturated rings. The van der Waals surface area contributed by atoms with Crippen LogP contribution in [0.1, 0.15) is 38.7 Å². The zero-order valence-electron chi connectivity index (χ0n) is 19.6. The first-order valence-electron chi connectivity index (χ1n) is 11.1. The van der Waals surface area contributed by atoms with E-state index in [-0.39, 0.29) is 25.1 Å². The van der Waals surface area contributed by atoms with Crippen LogP contribution >= 0.6 is 0 Å². The number of amides is 1. The Labute approximate surface area is 194 Å². The molecule has 0 saturated carbocycles. The summed E-state index contributed by atoms with van der Waals surface area (Å²) in [7, 11) is -1.02. The zero-order valence-corrected chi connectivity index (χ0v) is 20.4. The third kappa shape index (κ3) is 7.14. The first-order chi connectivity index (χ1) is 15.4. The minimum absolute atomic E-state index is 0.0141. The number of likely N-dealkylation sites (N-methyl/N-ethyl adjacent to an activating group) is 1. The predicted octanol–water partition coefficient (Wildman–Crippen LogP) is 2.97. The van der Waals surface area contributed by atoms with Gasteiger partial charge in [0, 0.05) is 32.8 Å². The number of nitrogens with one attached hydrogen (secondary N) is 1. The quantitative estimate of drug-likeness (QED) is 0.542. The number of hydrogen-bond donors (Lipinski definition) is 1. The van der Waals surface area contributed by atoms with Crippen molar-refractivity contribution in [1.29, 1.82) is 0 Å². The molecule has 0 radical (unpaired) electrons. The van der Waals surface area contributed by atoms with E-state index < -0.39 is 32.7 Å². The van der Waals surface area contributed by atoms with Gasteiger partial charge in [0.25, 0.3) is 0 Å². The molecule has 1 saturated heterocycles. The highest BCUT2D eigenvalue weighted by Crippen LogP contribution is 2.32. The van der Waals surface area contributed by atoms with Gasteiger partial charge in [0.05, 0.1) is 23.1 Å². The number of alkyl halides is 3. The van der Waals surface area contributed by atoms with Gasteiger partial charge >= 0.3 is 6.18 Å². The number of carbonyl (C=O) groups excluding carboxylic acids is 1. The molecule has 0 aliphatic carbocycles. The first kappa shape index (κ1) is 27.6. The van der Waals surface area contributed by atoms with Crippen molar-refractivity contribution in [3.8, 4) is 0 Å². The van der Waals surface area contributed by atoms with Gasteiger partial charge in [-0.2, -0.15) is 17.5 Å². The Morgan fingerprint density at radius 2 is 1.91 bits per heavy atom. The second-order valence-corrected chi connectivity index (χ2v) is 10.6. The Hall–Kier alpha value is -1.69.